The molecule has 0 amide bonds. The van der Waals surface area contributed by atoms with Gasteiger partial charge >= 0.3 is 0 Å². The molecule has 1 atom stereocenters. The summed E-state index contributed by atoms with van der Waals surface area (Å²) in [5, 5.41) is 12.2. The minimum atomic E-state index is -0.354. The smallest absolute Gasteiger partial charge is 0.233 e. The monoisotopic (exact) mass is 263 g/mol. The second kappa shape index (κ2) is 6.21. The molecule has 1 unspecified atom stereocenters. The Kier molecular flexibility index (Phi) is 4.37. The van der Waals surface area contributed by atoms with Gasteiger partial charge in [0.05, 0.1) is 12.8 Å². The third-order valence-electron chi connectivity index (χ3n) is 2.67. The Morgan fingerprint density at radius 2 is 2.26 bits per heavy atom. The molecule has 0 radical (unpaired) electrons. The van der Waals surface area contributed by atoms with Crippen LogP contribution >= 0.6 is 0 Å². The topological polar surface area (TPSA) is 104 Å². The Hall–Kier alpha value is -2.06. The van der Waals surface area contributed by atoms with Crippen molar-refractivity contribution in [3.8, 4) is 5.88 Å². The Morgan fingerprint density at radius 1 is 1.42 bits per heavy atom. The molecule has 0 fully saturated rings. The highest BCUT2D eigenvalue weighted by Gasteiger charge is 2.20. The first-order valence-electron chi connectivity index (χ1n) is 6.01. The SMILES string of the molecule is CCCn1ncnc1C(NN)c1ccc(OC)nn1. The van der Waals surface area contributed by atoms with Crippen LogP contribution in [0.25, 0.3) is 0 Å². The van der Waals surface area contributed by atoms with E-state index in [-0.39, 0.29) is 6.04 Å². The summed E-state index contributed by atoms with van der Waals surface area (Å²) in [5.41, 5.74) is 3.35. The average Bonchev–Trinajstić information content (AvgIpc) is 2.89. The minimum absolute atomic E-state index is 0.354. The molecule has 2 heterocycles. The first-order chi connectivity index (χ1) is 9.30. The number of hydrazine groups is 1. The van der Waals surface area contributed by atoms with Crippen LogP contribution in [0.1, 0.15) is 30.9 Å². The molecule has 8 heteroatoms. The standard InChI is InChI=1S/C11H17N7O/c1-3-6-18-11(13-7-14-18)10(15-12)8-4-5-9(19-2)17-16-8/h4-5,7,10,15H,3,6,12H2,1-2H3. The summed E-state index contributed by atoms with van der Waals surface area (Å²) in [5.74, 6) is 6.77. The van der Waals surface area contributed by atoms with Gasteiger partial charge in [0.25, 0.3) is 0 Å². The predicted octanol–water partition coefficient (Wildman–Crippen LogP) is 0.0394. The molecule has 0 saturated heterocycles. The van der Waals surface area contributed by atoms with Crippen molar-refractivity contribution in [2.24, 2.45) is 5.84 Å². The first kappa shape index (κ1) is 13.4. The largest absolute Gasteiger partial charge is 0.480 e. The van der Waals surface area contributed by atoms with Gasteiger partial charge in [0.2, 0.25) is 5.88 Å². The fourth-order valence-corrected chi connectivity index (χ4v) is 1.77. The Bertz CT molecular complexity index is 510. The molecule has 0 bridgehead atoms. The summed E-state index contributed by atoms with van der Waals surface area (Å²) in [6, 6.07) is 3.17. The summed E-state index contributed by atoms with van der Waals surface area (Å²) >= 11 is 0. The highest BCUT2D eigenvalue weighted by molar-refractivity contribution is 5.19. The van der Waals surface area contributed by atoms with Crippen LogP contribution in [0.5, 0.6) is 5.88 Å². The number of aromatic nitrogens is 5. The number of aryl methyl sites for hydroxylation is 1. The van der Waals surface area contributed by atoms with E-state index in [0.717, 1.165) is 13.0 Å². The molecular formula is C11H17N7O. The zero-order chi connectivity index (χ0) is 13.7. The highest BCUT2D eigenvalue weighted by atomic mass is 16.5. The molecule has 2 aromatic rings. The maximum atomic E-state index is 5.60. The van der Waals surface area contributed by atoms with Gasteiger partial charge in [-0.1, -0.05) is 6.92 Å². The Labute approximate surface area is 111 Å². The van der Waals surface area contributed by atoms with Crippen LogP contribution in [0.4, 0.5) is 0 Å². The minimum Gasteiger partial charge on any atom is -0.480 e. The molecule has 19 heavy (non-hydrogen) atoms. The fraction of sp³-hybridized carbons (Fsp3) is 0.455. The number of nitrogens with zero attached hydrogens (tertiary/aromatic N) is 5. The molecule has 0 aliphatic rings. The van der Waals surface area contributed by atoms with E-state index in [4.69, 9.17) is 10.6 Å². The maximum absolute atomic E-state index is 5.60. The van der Waals surface area contributed by atoms with E-state index < -0.39 is 0 Å². The predicted molar refractivity (Wildman–Crippen MR) is 68.1 cm³/mol. The third-order valence-corrected chi connectivity index (χ3v) is 2.67. The third kappa shape index (κ3) is 2.85. The normalized spacial score (nSPS) is 12.4. The second-order valence-corrected chi connectivity index (χ2v) is 3.94. The molecule has 2 rings (SSSR count). The Morgan fingerprint density at radius 3 is 2.84 bits per heavy atom. The van der Waals surface area contributed by atoms with E-state index in [1.807, 2.05) is 0 Å². The lowest BCUT2D eigenvalue weighted by molar-refractivity contribution is 0.389. The van der Waals surface area contributed by atoms with Gasteiger partial charge in [0.15, 0.2) is 5.82 Å². The van der Waals surface area contributed by atoms with Crippen molar-refractivity contribution in [3.05, 3.63) is 30.0 Å². The van der Waals surface area contributed by atoms with Gasteiger partial charge in [-0.15, -0.1) is 10.2 Å². The highest BCUT2D eigenvalue weighted by Crippen LogP contribution is 2.18. The van der Waals surface area contributed by atoms with Crippen LogP contribution in [0.2, 0.25) is 0 Å². The van der Waals surface area contributed by atoms with Gasteiger partial charge in [-0.3, -0.25) is 5.84 Å². The van der Waals surface area contributed by atoms with Gasteiger partial charge in [0, 0.05) is 12.6 Å². The van der Waals surface area contributed by atoms with Crippen LogP contribution in [-0.4, -0.2) is 32.1 Å². The molecule has 102 valence electrons. The molecule has 0 saturated carbocycles. The van der Waals surface area contributed by atoms with E-state index in [1.54, 1.807) is 23.9 Å². The van der Waals surface area contributed by atoms with Gasteiger partial charge < -0.3 is 4.74 Å². The number of nitrogens with two attached hydrogens (primary N) is 1. The molecule has 0 spiro atoms. The zero-order valence-electron chi connectivity index (χ0n) is 10.9. The van der Waals surface area contributed by atoms with E-state index in [9.17, 15) is 0 Å². The average molecular weight is 263 g/mol. The van der Waals surface area contributed by atoms with Gasteiger partial charge in [0.1, 0.15) is 12.4 Å². The van der Waals surface area contributed by atoms with Crippen molar-refractivity contribution in [3.63, 3.8) is 0 Å². The van der Waals surface area contributed by atoms with E-state index in [1.165, 1.54) is 6.33 Å². The van der Waals surface area contributed by atoms with Crippen molar-refractivity contribution in [1.29, 1.82) is 0 Å². The number of rotatable bonds is 6. The lowest BCUT2D eigenvalue weighted by atomic mass is 10.2. The molecular weight excluding hydrogens is 246 g/mol. The van der Waals surface area contributed by atoms with Crippen molar-refractivity contribution in [1.82, 2.24) is 30.4 Å². The molecule has 2 aromatic heterocycles. The number of hydrogen-bond acceptors (Lipinski definition) is 7. The molecule has 0 aliphatic heterocycles. The van der Waals surface area contributed by atoms with Crippen molar-refractivity contribution in [2.45, 2.75) is 25.9 Å². The first-order valence-corrected chi connectivity index (χ1v) is 6.01. The van der Waals surface area contributed by atoms with Crippen LogP contribution in [0, 0.1) is 0 Å². The quantitative estimate of drug-likeness (QED) is 0.560. The fourth-order valence-electron chi connectivity index (χ4n) is 1.77. The molecule has 0 aromatic carbocycles. The number of hydrogen-bond donors (Lipinski definition) is 2. The molecule has 3 N–H and O–H groups in total. The van der Waals surface area contributed by atoms with E-state index in [2.05, 4.69) is 32.6 Å². The van der Waals surface area contributed by atoms with Crippen molar-refractivity contribution < 1.29 is 4.74 Å². The summed E-state index contributed by atoms with van der Waals surface area (Å²) in [6.45, 7) is 2.85. The van der Waals surface area contributed by atoms with E-state index in [0.29, 0.717) is 17.4 Å². The summed E-state index contributed by atoms with van der Waals surface area (Å²) in [6.07, 6.45) is 2.47. The van der Waals surface area contributed by atoms with Crippen molar-refractivity contribution >= 4 is 0 Å². The van der Waals surface area contributed by atoms with Crippen LogP contribution < -0.4 is 16.0 Å². The summed E-state index contributed by atoms with van der Waals surface area (Å²) in [7, 11) is 1.54. The Balaban J connectivity index is 2.29. The van der Waals surface area contributed by atoms with Crippen LogP contribution in [-0.2, 0) is 6.54 Å². The van der Waals surface area contributed by atoms with Gasteiger partial charge in [-0.2, -0.15) is 5.10 Å². The molecule has 8 nitrogen and oxygen atoms in total. The zero-order valence-corrected chi connectivity index (χ0v) is 10.9. The number of ether oxygens (including phenoxy) is 1. The second-order valence-electron chi connectivity index (χ2n) is 3.94. The number of methoxy groups -OCH3 is 1. The van der Waals surface area contributed by atoms with Gasteiger partial charge in [-0.05, 0) is 12.5 Å². The van der Waals surface area contributed by atoms with Crippen molar-refractivity contribution in [2.75, 3.05) is 7.11 Å². The maximum Gasteiger partial charge on any atom is 0.233 e. The van der Waals surface area contributed by atoms with E-state index >= 15 is 0 Å². The lowest BCUT2D eigenvalue weighted by Crippen LogP contribution is -2.32. The number of nitrogens with one attached hydrogen (secondary N) is 1. The van der Waals surface area contributed by atoms with Crippen LogP contribution in [0.3, 0.4) is 0 Å². The molecule has 0 aliphatic carbocycles. The summed E-state index contributed by atoms with van der Waals surface area (Å²) < 4.78 is 6.78. The summed E-state index contributed by atoms with van der Waals surface area (Å²) in [4.78, 5) is 4.24. The van der Waals surface area contributed by atoms with Crippen LogP contribution in [0.15, 0.2) is 18.5 Å². The van der Waals surface area contributed by atoms with Gasteiger partial charge in [-0.25, -0.2) is 15.1 Å². The lowest BCUT2D eigenvalue weighted by Gasteiger charge is -2.15.